The van der Waals surface area contributed by atoms with Gasteiger partial charge in [-0.25, -0.2) is 8.78 Å². The number of alkyl halides is 3. The van der Waals surface area contributed by atoms with E-state index in [0.717, 1.165) is 42.9 Å². The maximum absolute atomic E-state index is 13.9. The van der Waals surface area contributed by atoms with E-state index in [9.17, 15) is 26.7 Å². The molecule has 1 fully saturated rings. The van der Waals surface area contributed by atoms with Crippen molar-refractivity contribution in [1.82, 2.24) is 20.0 Å². The minimum absolute atomic E-state index is 0.0274. The molecule has 2 aliphatic rings. The first kappa shape index (κ1) is 24.6. The molecule has 0 saturated carbocycles. The van der Waals surface area contributed by atoms with E-state index in [1.54, 1.807) is 12.0 Å². The van der Waals surface area contributed by atoms with Crippen molar-refractivity contribution in [2.75, 3.05) is 39.9 Å². The molecule has 4 rings (SSSR count). The van der Waals surface area contributed by atoms with Gasteiger partial charge in [-0.2, -0.15) is 18.3 Å². The van der Waals surface area contributed by atoms with E-state index in [1.807, 2.05) is 0 Å². The second-order valence-electron chi connectivity index (χ2n) is 8.88. The van der Waals surface area contributed by atoms with Crippen LogP contribution >= 0.6 is 0 Å². The number of carbonyl (C=O) groups is 1. The molecule has 34 heavy (non-hydrogen) atoms. The van der Waals surface area contributed by atoms with E-state index in [4.69, 9.17) is 4.74 Å². The van der Waals surface area contributed by atoms with Crippen molar-refractivity contribution in [2.24, 2.45) is 5.92 Å². The molecule has 0 atom stereocenters. The fourth-order valence-electron chi connectivity index (χ4n) is 4.81. The lowest BCUT2D eigenvalue weighted by Crippen LogP contribution is -2.40. The molecule has 0 aliphatic carbocycles. The van der Waals surface area contributed by atoms with Crippen LogP contribution in [-0.4, -0.2) is 65.8 Å². The molecule has 1 aromatic heterocycles. The van der Waals surface area contributed by atoms with Crippen molar-refractivity contribution in [2.45, 2.75) is 38.4 Å². The smallest absolute Gasteiger partial charge is 0.383 e. The lowest BCUT2D eigenvalue weighted by atomic mass is 9.88. The van der Waals surface area contributed by atoms with Crippen LogP contribution in [0.3, 0.4) is 0 Å². The Kier molecular flexibility index (Phi) is 7.22. The van der Waals surface area contributed by atoms with Crippen molar-refractivity contribution in [3.8, 4) is 0 Å². The monoisotopic (exact) mass is 486 g/mol. The normalized spacial score (nSPS) is 17.8. The van der Waals surface area contributed by atoms with Crippen LogP contribution in [0.25, 0.3) is 0 Å². The van der Waals surface area contributed by atoms with Gasteiger partial charge in [-0.1, -0.05) is 6.07 Å². The lowest BCUT2D eigenvalue weighted by molar-refractivity contribution is -0.141. The molecular formula is C23H27F5N4O2. The number of halogens is 5. The number of H-pyrrole nitrogens is 1. The predicted octanol–water partition coefficient (Wildman–Crippen LogP) is 3.81. The van der Waals surface area contributed by atoms with Gasteiger partial charge >= 0.3 is 6.18 Å². The maximum atomic E-state index is 13.9. The number of methoxy groups -OCH3 is 1. The van der Waals surface area contributed by atoms with Gasteiger partial charge in [0.1, 0.15) is 0 Å². The summed E-state index contributed by atoms with van der Waals surface area (Å²) < 4.78 is 72.4. The number of hydrogen-bond acceptors (Lipinski definition) is 4. The number of benzene rings is 1. The number of nitrogens with one attached hydrogen (secondary N) is 1. The number of nitrogens with zero attached hydrogens (tertiary/aromatic N) is 3. The summed E-state index contributed by atoms with van der Waals surface area (Å²) in [6, 6.07) is 1.74. The Hall–Kier alpha value is -2.53. The molecule has 0 bridgehead atoms. The molecule has 1 amide bonds. The average Bonchev–Trinajstić information content (AvgIpc) is 3.22. The van der Waals surface area contributed by atoms with Gasteiger partial charge in [-0.15, -0.1) is 0 Å². The second kappa shape index (κ2) is 9.99. The second-order valence-corrected chi connectivity index (χ2v) is 8.88. The third kappa shape index (κ3) is 5.10. The molecule has 3 heterocycles. The molecule has 0 spiro atoms. The van der Waals surface area contributed by atoms with Crippen LogP contribution in [0.2, 0.25) is 0 Å². The highest BCUT2D eigenvalue weighted by molar-refractivity contribution is 5.94. The summed E-state index contributed by atoms with van der Waals surface area (Å²) in [5, 5.41) is 7.22. The first-order valence-corrected chi connectivity index (χ1v) is 11.3. The SMILES string of the molecule is COCCN1CCc2[nH]nc(C(=O)N3CCC(Cc4ccc(F)c(F)c4C(F)(F)F)CC3)c2C1. The number of fused-ring (bicyclic) bond motifs is 1. The highest BCUT2D eigenvalue weighted by Crippen LogP contribution is 2.37. The fourth-order valence-corrected chi connectivity index (χ4v) is 4.81. The van der Waals surface area contributed by atoms with Crippen molar-refractivity contribution >= 4 is 5.91 Å². The Bertz CT molecular complexity index is 1030. The molecule has 6 nitrogen and oxygen atoms in total. The number of aromatic nitrogens is 2. The van der Waals surface area contributed by atoms with Gasteiger partial charge in [0.2, 0.25) is 0 Å². The van der Waals surface area contributed by atoms with E-state index in [1.165, 1.54) is 0 Å². The van der Waals surface area contributed by atoms with E-state index >= 15 is 0 Å². The van der Waals surface area contributed by atoms with Gasteiger partial charge in [-0.05, 0) is 36.8 Å². The summed E-state index contributed by atoms with van der Waals surface area (Å²) in [4.78, 5) is 17.0. The van der Waals surface area contributed by atoms with Gasteiger partial charge in [0.15, 0.2) is 17.3 Å². The lowest BCUT2D eigenvalue weighted by Gasteiger charge is -2.33. The molecule has 0 radical (unpaired) electrons. The predicted molar refractivity (Wildman–Crippen MR) is 113 cm³/mol. The number of aromatic amines is 1. The van der Waals surface area contributed by atoms with Crippen molar-refractivity contribution in [3.05, 3.63) is 51.8 Å². The number of ether oxygens (including phenoxy) is 1. The minimum Gasteiger partial charge on any atom is -0.383 e. The Morgan fingerprint density at radius 1 is 1.21 bits per heavy atom. The number of piperidine rings is 1. The Morgan fingerprint density at radius 3 is 2.62 bits per heavy atom. The third-order valence-electron chi connectivity index (χ3n) is 6.70. The van der Waals surface area contributed by atoms with Crippen LogP contribution in [0.15, 0.2) is 12.1 Å². The standard InChI is InChI=1S/C23H27F5N4O2/c1-34-11-10-31-7-6-18-16(13-31)21(30-29-18)22(33)32-8-4-14(5-9-32)12-15-2-3-17(24)20(25)19(15)23(26,27)28/h2-3,14H,4-13H2,1H3,(H,29,30). The van der Waals surface area contributed by atoms with E-state index in [2.05, 4.69) is 15.1 Å². The minimum atomic E-state index is -4.98. The van der Waals surface area contributed by atoms with Crippen LogP contribution in [0.4, 0.5) is 22.0 Å². The number of hydrogen-bond donors (Lipinski definition) is 1. The summed E-state index contributed by atoms with van der Waals surface area (Å²) in [6.45, 7) is 3.53. The van der Waals surface area contributed by atoms with Crippen molar-refractivity contribution in [3.63, 3.8) is 0 Å². The number of likely N-dealkylation sites (tertiary alicyclic amines) is 1. The van der Waals surface area contributed by atoms with Gasteiger partial charge in [-0.3, -0.25) is 14.8 Å². The molecule has 2 aliphatic heterocycles. The molecule has 2 aromatic rings. The average molecular weight is 486 g/mol. The largest absolute Gasteiger partial charge is 0.419 e. The quantitative estimate of drug-likeness (QED) is 0.631. The van der Waals surface area contributed by atoms with Crippen LogP contribution < -0.4 is 0 Å². The Labute approximate surface area is 194 Å². The van der Waals surface area contributed by atoms with Gasteiger partial charge in [0, 0.05) is 57.5 Å². The summed E-state index contributed by atoms with van der Waals surface area (Å²) in [6.07, 6.45) is -3.31. The third-order valence-corrected chi connectivity index (χ3v) is 6.70. The van der Waals surface area contributed by atoms with E-state index in [0.29, 0.717) is 44.8 Å². The highest BCUT2D eigenvalue weighted by atomic mass is 19.4. The molecule has 1 N–H and O–H groups in total. The molecule has 0 unspecified atom stereocenters. The van der Waals surface area contributed by atoms with Crippen molar-refractivity contribution < 1.29 is 31.5 Å². The van der Waals surface area contributed by atoms with Gasteiger partial charge < -0.3 is 9.64 Å². The van der Waals surface area contributed by atoms with E-state index < -0.39 is 23.4 Å². The van der Waals surface area contributed by atoms with Gasteiger partial charge in [0.05, 0.1) is 12.2 Å². The summed E-state index contributed by atoms with van der Waals surface area (Å²) in [5.41, 5.74) is 0.424. The van der Waals surface area contributed by atoms with Crippen LogP contribution in [0.5, 0.6) is 0 Å². The Morgan fingerprint density at radius 2 is 1.94 bits per heavy atom. The van der Waals surface area contributed by atoms with E-state index in [-0.39, 0.29) is 23.8 Å². The van der Waals surface area contributed by atoms with Crippen LogP contribution in [0, 0.1) is 17.6 Å². The number of amides is 1. The summed E-state index contributed by atoms with van der Waals surface area (Å²) in [5.74, 6) is -3.75. The van der Waals surface area contributed by atoms with Crippen molar-refractivity contribution in [1.29, 1.82) is 0 Å². The number of rotatable bonds is 6. The molecule has 1 saturated heterocycles. The summed E-state index contributed by atoms with van der Waals surface area (Å²) in [7, 11) is 1.64. The Balaban J connectivity index is 1.40. The zero-order valence-electron chi connectivity index (χ0n) is 18.9. The maximum Gasteiger partial charge on any atom is 0.419 e. The molecule has 186 valence electrons. The molecule has 1 aromatic carbocycles. The van der Waals surface area contributed by atoms with Crippen LogP contribution in [-0.2, 0) is 30.3 Å². The fraction of sp³-hybridized carbons (Fsp3) is 0.565. The first-order chi connectivity index (χ1) is 16.2. The first-order valence-electron chi connectivity index (χ1n) is 11.3. The molecule has 11 heteroatoms. The highest BCUT2D eigenvalue weighted by Gasteiger charge is 2.39. The van der Waals surface area contributed by atoms with Crippen LogP contribution in [0.1, 0.15) is 45.7 Å². The zero-order valence-corrected chi connectivity index (χ0v) is 18.9. The van der Waals surface area contributed by atoms with Gasteiger partial charge in [0.25, 0.3) is 5.91 Å². The molecular weight excluding hydrogens is 459 g/mol. The summed E-state index contributed by atoms with van der Waals surface area (Å²) >= 11 is 0. The topological polar surface area (TPSA) is 61.5 Å². The zero-order chi connectivity index (χ0) is 24.5. The number of carbonyl (C=O) groups excluding carboxylic acids is 1.